The third-order valence-electron chi connectivity index (χ3n) is 8.78. The molecule has 1 aromatic carbocycles. The summed E-state index contributed by atoms with van der Waals surface area (Å²) < 4.78 is 12.1. The fourth-order valence-corrected chi connectivity index (χ4v) is 6.39. The highest BCUT2D eigenvalue weighted by atomic mass is 16.5. The summed E-state index contributed by atoms with van der Waals surface area (Å²) >= 11 is 0. The number of ether oxygens (including phenoxy) is 2. The third kappa shape index (κ3) is 6.51. The maximum Gasteiger partial charge on any atom is 0.149 e. The molecular weight excluding hydrogens is 502 g/mol. The van der Waals surface area contributed by atoms with Crippen LogP contribution in [0.25, 0.3) is 11.0 Å². The first kappa shape index (κ1) is 26.9. The van der Waals surface area contributed by atoms with Gasteiger partial charge in [-0.2, -0.15) is 5.26 Å². The van der Waals surface area contributed by atoms with Crippen LogP contribution in [0.5, 0.6) is 5.75 Å². The van der Waals surface area contributed by atoms with E-state index in [2.05, 4.69) is 50.4 Å². The predicted octanol–water partition coefficient (Wildman–Crippen LogP) is 4.53. The second-order valence-corrected chi connectivity index (χ2v) is 11.4. The average Bonchev–Trinajstić information content (AvgIpc) is 3.02. The van der Waals surface area contributed by atoms with E-state index in [1.54, 1.807) is 12.4 Å². The smallest absolute Gasteiger partial charge is 0.149 e. The average molecular weight is 542 g/mol. The first-order valence-electron chi connectivity index (χ1n) is 14.9. The molecule has 2 aromatic heterocycles. The monoisotopic (exact) mass is 541 g/mol. The lowest BCUT2D eigenvalue weighted by Crippen LogP contribution is -2.36. The van der Waals surface area contributed by atoms with Gasteiger partial charge in [-0.3, -0.25) is 4.98 Å². The van der Waals surface area contributed by atoms with Crippen LogP contribution in [0.1, 0.15) is 62.3 Å². The Morgan fingerprint density at radius 2 is 1.65 bits per heavy atom. The molecule has 0 spiro atoms. The Labute approximate surface area is 236 Å². The standard InChI is InChI=1S/C31H39N7O2/c32-8-1-11-37-12-6-24(7-13-37)25-21-35-30(36-22-25)18-23-2-4-27(5-3-23)40-29-20-26(38-14-16-39-17-15-38)19-28-31(29)34-10-9-33-28/h9-10,19-24,27H,1-7,11-18H2. The zero-order chi connectivity index (χ0) is 27.1. The Morgan fingerprint density at radius 1 is 0.900 bits per heavy atom. The number of hydrogen-bond donors (Lipinski definition) is 0. The largest absolute Gasteiger partial charge is 0.488 e. The molecule has 3 aromatic rings. The molecule has 0 bridgehead atoms. The summed E-state index contributed by atoms with van der Waals surface area (Å²) in [6.45, 7) is 6.24. The molecule has 0 unspecified atom stereocenters. The van der Waals surface area contributed by atoms with Crippen molar-refractivity contribution in [1.29, 1.82) is 5.26 Å². The van der Waals surface area contributed by atoms with Crippen molar-refractivity contribution in [1.82, 2.24) is 24.8 Å². The molecule has 40 heavy (non-hydrogen) atoms. The summed E-state index contributed by atoms with van der Waals surface area (Å²) in [4.78, 5) is 23.4. The van der Waals surface area contributed by atoms with E-state index in [4.69, 9.17) is 24.7 Å². The topological polar surface area (TPSA) is 100 Å². The molecule has 0 radical (unpaired) electrons. The minimum atomic E-state index is 0.184. The molecule has 3 aliphatic rings. The van der Waals surface area contributed by atoms with E-state index in [0.717, 1.165) is 119 Å². The zero-order valence-electron chi connectivity index (χ0n) is 23.2. The van der Waals surface area contributed by atoms with Crippen LogP contribution < -0.4 is 9.64 Å². The summed E-state index contributed by atoms with van der Waals surface area (Å²) in [6, 6.07) is 6.50. The third-order valence-corrected chi connectivity index (χ3v) is 8.78. The van der Waals surface area contributed by atoms with Gasteiger partial charge in [-0.15, -0.1) is 0 Å². The summed E-state index contributed by atoms with van der Waals surface area (Å²) in [6.07, 6.45) is 15.8. The van der Waals surface area contributed by atoms with Crippen molar-refractivity contribution in [3.05, 3.63) is 48.3 Å². The van der Waals surface area contributed by atoms with Crippen LogP contribution >= 0.6 is 0 Å². The summed E-state index contributed by atoms with van der Waals surface area (Å²) in [5.74, 6) is 2.91. The Hall–Kier alpha value is -3.35. The Bertz CT molecular complexity index is 1290. The van der Waals surface area contributed by atoms with Crippen molar-refractivity contribution < 1.29 is 9.47 Å². The number of aromatic nitrogens is 4. The molecule has 2 aliphatic heterocycles. The highest BCUT2D eigenvalue weighted by Gasteiger charge is 2.26. The number of hydrogen-bond acceptors (Lipinski definition) is 9. The van der Waals surface area contributed by atoms with Gasteiger partial charge in [0.1, 0.15) is 17.1 Å². The van der Waals surface area contributed by atoms with Gasteiger partial charge < -0.3 is 19.3 Å². The molecule has 9 heteroatoms. The van der Waals surface area contributed by atoms with Gasteiger partial charge in [0, 0.05) is 69.0 Å². The predicted molar refractivity (Wildman–Crippen MR) is 153 cm³/mol. The number of likely N-dealkylation sites (tertiary alicyclic amines) is 1. The lowest BCUT2D eigenvalue weighted by molar-refractivity contribution is 0.122. The molecule has 2 saturated heterocycles. The maximum atomic E-state index is 8.82. The number of nitrogens with zero attached hydrogens (tertiary/aromatic N) is 7. The van der Waals surface area contributed by atoms with Gasteiger partial charge in [-0.1, -0.05) is 0 Å². The number of anilines is 1. The number of benzene rings is 1. The molecule has 6 rings (SSSR count). The number of nitriles is 1. The van der Waals surface area contributed by atoms with Crippen molar-refractivity contribution in [3.63, 3.8) is 0 Å². The molecule has 0 amide bonds. The van der Waals surface area contributed by atoms with E-state index in [0.29, 0.717) is 18.3 Å². The van der Waals surface area contributed by atoms with E-state index in [1.807, 2.05) is 0 Å². The van der Waals surface area contributed by atoms with Crippen LogP contribution in [0.4, 0.5) is 5.69 Å². The Kier molecular flexibility index (Phi) is 8.65. The van der Waals surface area contributed by atoms with E-state index in [9.17, 15) is 0 Å². The summed E-state index contributed by atoms with van der Waals surface area (Å²) in [7, 11) is 0. The van der Waals surface area contributed by atoms with E-state index < -0.39 is 0 Å². The van der Waals surface area contributed by atoms with Gasteiger partial charge in [-0.05, 0) is 75.1 Å². The van der Waals surface area contributed by atoms with Crippen LogP contribution in [-0.2, 0) is 11.2 Å². The highest BCUT2D eigenvalue weighted by Crippen LogP contribution is 2.35. The molecule has 210 valence electrons. The second kappa shape index (κ2) is 12.9. The van der Waals surface area contributed by atoms with Gasteiger partial charge in [0.05, 0.1) is 30.9 Å². The zero-order valence-corrected chi connectivity index (χ0v) is 23.2. The fraction of sp³-hybridized carbons (Fsp3) is 0.581. The van der Waals surface area contributed by atoms with Gasteiger partial charge in [0.25, 0.3) is 0 Å². The Morgan fingerprint density at radius 3 is 2.40 bits per heavy atom. The van der Waals surface area contributed by atoms with Gasteiger partial charge in [0.15, 0.2) is 0 Å². The number of piperidine rings is 1. The van der Waals surface area contributed by atoms with E-state index in [-0.39, 0.29) is 6.10 Å². The number of morpholine rings is 1. The van der Waals surface area contributed by atoms with Crippen molar-refractivity contribution in [3.8, 4) is 11.8 Å². The minimum absolute atomic E-state index is 0.184. The molecule has 3 fully saturated rings. The molecule has 4 heterocycles. The van der Waals surface area contributed by atoms with Gasteiger partial charge in [0.2, 0.25) is 0 Å². The summed E-state index contributed by atoms with van der Waals surface area (Å²) in [5.41, 5.74) is 4.10. The van der Waals surface area contributed by atoms with E-state index in [1.165, 1.54) is 5.56 Å². The normalized spacial score (nSPS) is 22.7. The van der Waals surface area contributed by atoms with Crippen molar-refractivity contribution in [2.45, 2.75) is 63.4 Å². The van der Waals surface area contributed by atoms with Crippen molar-refractivity contribution in [2.24, 2.45) is 5.92 Å². The minimum Gasteiger partial charge on any atom is -0.488 e. The highest BCUT2D eigenvalue weighted by molar-refractivity contribution is 5.85. The molecule has 1 aliphatic carbocycles. The second-order valence-electron chi connectivity index (χ2n) is 11.4. The van der Waals surface area contributed by atoms with Crippen LogP contribution in [0.15, 0.2) is 36.9 Å². The van der Waals surface area contributed by atoms with Crippen LogP contribution in [0.3, 0.4) is 0 Å². The first-order valence-corrected chi connectivity index (χ1v) is 14.9. The van der Waals surface area contributed by atoms with Crippen molar-refractivity contribution in [2.75, 3.05) is 50.8 Å². The molecule has 0 N–H and O–H groups in total. The lowest BCUT2D eigenvalue weighted by Gasteiger charge is -2.31. The van der Waals surface area contributed by atoms with E-state index >= 15 is 0 Å². The number of rotatable bonds is 8. The van der Waals surface area contributed by atoms with Crippen molar-refractivity contribution >= 4 is 16.7 Å². The molecule has 0 atom stereocenters. The molecular formula is C31H39N7O2. The first-order chi connectivity index (χ1) is 19.7. The van der Waals surface area contributed by atoms with Crippen LogP contribution in [-0.4, -0.2) is 76.9 Å². The SMILES string of the molecule is N#CCCN1CCC(c2cnc(CC3CCC(Oc4cc(N5CCOCC5)cc5nccnc45)CC3)nc2)CC1. The summed E-state index contributed by atoms with van der Waals surface area (Å²) in [5, 5.41) is 8.82. The maximum absolute atomic E-state index is 8.82. The van der Waals surface area contributed by atoms with Gasteiger partial charge >= 0.3 is 0 Å². The number of fused-ring (bicyclic) bond motifs is 1. The van der Waals surface area contributed by atoms with Gasteiger partial charge in [-0.25, -0.2) is 15.0 Å². The van der Waals surface area contributed by atoms with Crippen LogP contribution in [0.2, 0.25) is 0 Å². The quantitative estimate of drug-likeness (QED) is 0.407. The molecule has 9 nitrogen and oxygen atoms in total. The molecule has 1 saturated carbocycles. The Balaban J connectivity index is 1.02. The fourth-order valence-electron chi connectivity index (χ4n) is 6.39. The van der Waals surface area contributed by atoms with Crippen LogP contribution in [0, 0.1) is 17.2 Å². The lowest BCUT2D eigenvalue weighted by atomic mass is 9.85.